The molecule has 0 aliphatic rings. The summed E-state index contributed by atoms with van der Waals surface area (Å²) in [6.45, 7) is 0. The summed E-state index contributed by atoms with van der Waals surface area (Å²) >= 11 is 0. The molecule has 0 N–H and O–H groups in total. The molecule has 0 aliphatic carbocycles. The molecular formula is C39H21N5. The maximum Gasteiger partial charge on any atom is 0.0998 e. The molecule has 8 aromatic rings. The number of hydrogen-bond acceptors (Lipinski definition) is 3. The highest BCUT2D eigenvalue weighted by atomic mass is 15.0. The van der Waals surface area contributed by atoms with Crippen molar-refractivity contribution < 1.29 is 0 Å². The fourth-order valence-electron chi connectivity index (χ4n) is 6.48. The van der Waals surface area contributed by atoms with Gasteiger partial charge in [0.15, 0.2) is 0 Å². The van der Waals surface area contributed by atoms with E-state index in [1.165, 1.54) is 0 Å². The van der Waals surface area contributed by atoms with Gasteiger partial charge < -0.3 is 9.13 Å². The van der Waals surface area contributed by atoms with Crippen molar-refractivity contribution in [3.63, 3.8) is 0 Å². The molecule has 2 aromatic heterocycles. The molecule has 0 unspecified atom stereocenters. The zero-order valence-corrected chi connectivity index (χ0v) is 23.4. The monoisotopic (exact) mass is 559 g/mol. The van der Waals surface area contributed by atoms with Crippen molar-refractivity contribution in [2.75, 3.05) is 0 Å². The van der Waals surface area contributed by atoms with Crippen molar-refractivity contribution in [3.8, 4) is 40.7 Å². The topological polar surface area (TPSA) is 81.2 Å². The third-order valence-electron chi connectivity index (χ3n) is 8.38. The predicted octanol–water partition coefficient (Wildman–Crippen LogP) is 9.16. The van der Waals surface area contributed by atoms with Crippen LogP contribution in [0, 0.1) is 34.0 Å². The van der Waals surface area contributed by atoms with Crippen LogP contribution in [-0.4, -0.2) is 9.13 Å². The fourth-order valence-corrected chi connectivity index (χ4v) is 6.48. The van der Waals surface area contributed by atoms with Gasteiger partial charge in [0.25, 0.3) is 0 Å². The van der Waals surface area contributed by atoms with Crippen molar-refractivity contribution in [3.05, 3.63) is 144 Å². The molecule has 5 nitrogen and oxygen atoms in total. The van der Waals surface area contributed by atoms with Crippen LogP contribution in [0.5, 0.6) is 0 Å². The molecule has 44 heavy (non-hydrogen) atoms. The number of para-hydroxylation sites is 2. The van der Waals surface area contributed by atoms with E-state index in [9.17, 15) is 15.8 Å². The Kier molecular flexibility index (Phi) is 5.56. The molecule has 2 heterocycles. The molecule has 0 amide bonds. The zero-order valence-electron chi connectivity index (χ0n) is 23.4. The van der Waals surface area contributed by atoms with Crippen molar-refractivity contribution in [2.45, 2.75) is 0 Å². The Labute approximate surface area is 252 Å². The summed E-state index contributed by atoms with van der Waals surface area (Å²) in [7, 11) is 0. The smallest absolute Gasteiger partial charge is 0.0998 e. The second-order valence-corrected chi connectivity index (χ2v) is 10.8. The molecule has 0 saturated heterocycles. The molecule has 6 aromatic carbocycles. The van der Waals surface area contributed by atoms with E-state index in [1.807, 2.05) is 60.7 Å². The Bertz CT molecular complexity index is 2470. The van der Waals surface area contributed by atoms with Gasteiger partial charge in [0.05, 0.1) is 57.0 Å². The first kappa shape index (κ1) is 25.1. The van der Waals surface area contributed by atoms with Crippen molar-refractivity contribution in [1.29, 1.82) is 15.8 Å². The minimum Gasteiger partial charge on any atom is -0.309 e. The molecule has 0 saturated carbocycles. The molecule has 0 aliphatic heterocycles. The average Bonchev–Trinajstić information content (AvgIpc) is 3.60. The molecule has 0 atom stereocenters. The van der Waals surface area contributed by atoms with Crippen LogP contribution in [0.25, 0.3) is 66.1 Å². The van der Waals surface area contributed by atoms with E-state index in [-0.39, 0.29) is 0 Å². The Morgan fingerprint density at radius 3 is 1.41 bits per heavy atom. The van der Waals surface area contributed by atoms with Gasteiger partial charge in [-0.15, -0.1) is 0 Å². The molecule has 202 valence electrons. The van der Waals surface area contributed by atoms with Crippen LogP contribution >= 0.6 is 0 Å². The minimum atomic E-state index is 0.557. The molecule has 8 rings (SSSR count). The van der Waals surface area contributed by atoms with Gasteiger partial charge >= 0.3 is 0 Å². The fraction of sp³-hybridized carbons (Fsp3) is 0. The maximum absolute atomic E-state index is 10.0. The number of nitriles is 3. The van der Waals surface area contributed by atoms with Gasteiger partial charge in [-0.05, 0) is 83.9 Å². The van der Waals surface area contributed by atoms with E-state index in [0.717, 1.165) is 66.1 Å². The summed E-state index contributed by atoms with van der Waals surface area (Å²) in [5, 5.41) is 33.5. The van der Waals surface area contributed by atoms with E-state index in [4.69, 9.17) is 0 Å². The van der Waals surface area contributed by atoms with Crippen LogP contribution < -0.4 is 0 Å². The summed E-state index contributed by atoms with van der Waals surface area (Å²) < 4.78 is 4.46. The zero-order chi connectivity index (χ0) is 29.8. The standard InChI is InChI=1S/C39H21N5/c40-22-25-13-15-38-34(17-25)35-18-26(23-41)14-16-39(35)44(38)30-20-28(31-8-2-1-7-27(31)24-42)19-29(21-30)43-36-11-5-3-9-32(36)33-10-4-6-12-37(33)43/h1-21H. The van der Waals surface area contributed by atoms with Crippen molar-refractivity contribution in [1.82, 2.24) is 9.13 Å². The Morgan fingerprint density at radius 2 is 0.886 bits per heavy atom. The van der Waals surface area contributed by atoms with Gasteiger partial charge in [-0.25, -0.2) is 0 Å². The Hall–Kier alpha value is -6.61. The van der Waals surface area contributed by atoms with E-state index in [2.05, 4.69) is 94.1 Å². The van der Waals surface area contributed by atoms with Crippen molar-refractivity contribution in [2.24, 2.45) is 0 Å². The summed E-state index contributed by atoms with van der Waals surface area (Å²) in [4.78, 5) is 0. The van der Waals surface area contributed by atoms with Gasteiger partial charge in [0, 0.05) is 32.9 Å². The molecule has 0 radical (unpaired) electrons. The SMILES string of the molecule is N#Cc1ccc2c(c1)c1cc(C#N)ccc1n2-c1cc(-c2ccccc2C#N)cc(-n2c3ccccc3c3ccccc32)c1. The average molecular weight is 560 g/mol. The molecular weight excluding hydrogens is 538 g/mol. The predicted molar refractivity (Wildman–Crippen MR) is 175 cm³/mol. The van der Waals surface area contributed by atoms with E-state index in [0.29, 0.717) is 16.7 Å². The first-order valence-corrected chi connectivity index (χ1v) is 14.2. The van der Waals surface area contributed by atoms with E-state index < -0.39 is 0 Å². The van der Waals surface area contributed by atoms with Gasteiger partial charge in [-0.1, -0.05) is 54.6 Å². The largest absolute Gasteiger partial charge is 0.309 e. The normalized spacial score (nSPS) is 11.1. The number of benzene rings is 6. The van der Waals surface area contributed by atoms with Crippen LogP contribution in [0.15, 0.2) is 127 Å². The lowest BCUT2D eigenvalue weighted by Gasteiger charge is -2.16. The molecule has 5 heteroatoms. The summed E-state index contributed by atoms with van der Waals surface area (Å²) in [5.41, 5.74) is 9.35. The van der Waals surface area contributed by atoms with Crippen LogP contribution in [-0.2, 0) is 0 Å². The Balaban J connectivity index is 1.52. The lowest BCUT2D eigenvalue weighted by Crippen LogP contribution is -2.00. The number of hydrogen-bond donors (Lipinski definition) is 0. The molecule has 0 bridgehead atoms. The maximum atomic E-state index is 10.0. The van der Waals surface area contributed by atoms with Gasteiger partial charge in [0.1, 0.15) is 0 Å². The number of aromatic nitrogens is 2. The first-order valence-electron chi connectivity index (χ1n) is 14.2. The van der Waals surface area contributed by atoms with Crippen LogP contribution in [0.2, 0.25) is 0 Å². The van der Waals surface area contributed by atoms with Gasteiger partial charge in [-0.2, -0.15) is 15.8 Å². The quantitative estimate of drug-likeness (QED) is 0.216. The summed E-state index contributed by atoms with van der Waals surface area (Å²) in [5.74, 6) is 0. The van der Waals surface area contributed by atoms with Gasteiger partial charge in [0.2, 0.25) is 0 Å². The third-order valence-corrected chi connectivity index (χ3v) is 8.38. The highest BCUT2D eigenvalue weighted by Crippen LogP contribution is 2.38. The Morgan fingerprint density at radius 1 is 0.409 bits per heavy atom. The second-order valence-electron chi connectivity index (χ2n) is 10.8. The number of fused-ring (bicyclic) bond motifs is 6. The van der Waals surface area contributed by atoms with Crippen LogP contribution in [0.4, 0.5) is 0 Å². The first-order chi connectivity index (χ1) is 21.7. The number of rotatable bonds is 3. The highest BCUT2D eigenvalue weighted by molar-refractivity contribution is 6.11. The minimum absolute atomic E-state index is 0.557. The lowest BCUT2D eigenvalue weighted by atomic mass is 9.99. The molecule has 0 fully saturated rings. The summed E-state index contributed by atoms with van der Waals surface area (Å²) in [6.07, 6.45) is 0. The molecule has 0 spiro atoms. The highest BCUT2D eigenvalue weighted by Gasteiger charge is 2.18. The van der Waals surface area contributed by atoms with E-state index >= 15 is 0 Å². The van der Waals surface area contributed by atoms with Gasteiger partial charge in [-0.3, -0.25) is 0 Å². The van der Waals surface area contributed by atoms with E-state index in [1.54, 1.807) is 0 Å². The summed E-state index contributed by atoms with van der Waals surface area (Å²) in [6, 6.07) is 49.2. The second kappa shape index (κ2) is 9.74. The number of nitrogens with zero attached hydrogens (tertiary/aromatic N) is 5. The lowest BCUT2D eigenvalue weighted by molar-refractivity contribution is 1.13. The van der Waals surface area contributed by atoms with Crippen molar-refractivity contribution >= 4 is 43.6 Å². The van der Waals surface area contributed by atoms with Crippen LogP contribution in [0.1, 0.15) is 16.7 Å². The van der Waals surface area contributed by atoms with Crippen LogP contribution in [0.3, 0.4) is 0 Å². The third kappa shape index (κ3) is 3.70.